The van der Waals surface area contributed by atoms with Crippen molar-refractivity contribution < 1.29 is 19.2 Å². The van der Waals surface area contributed by atoms with E-state index in [1.165, 1.54) is 27.7 Å². The second-order valence-electron chi connectivity index (χ2n) is 2.73. The largest absolute Gasteiger partial charge is 2.00 e. The van der Waals surface area contributed by atoms with Crippen LogP contribution < -0.4 is 0 Å². The number of ketones is 4. The van der Waals surface area contributed by atoms with Crippen molar-refractivity contribution >= 4 is 50.4 Å². The second kappa shape index (κ2) is 11.4. The SMILES string of the molecule is CC(=O)[CH-]C(C)=O.CC(=O)[CH-]C(C)=O.[Pb+2]. The molecule has 0 amide bonds. The molecule has 0 N–H and O–H groups in total. The summed E-state index contributed by atoms with van der Waals surface area (Å²) >= 11 is 0. The van der Waals surface area contributed by atoms with Crippen LogP contribution in [0.2, 0.25) is 0 Å². The number of Topliss-reactive ketones (excluding diaryl/α,β-unsaturated/α-hetero) is 4. The first kappa shape index (κ1) is 19.8. The number of hydrogen-bond acceptors (Lipinski definition) is 4. The summed E-state index contributed by atoms with van der Waals surface area (Å²) in [7, 11) is 0. The molecule has 0 aromatic carbocycles. The molecule has 0 aromatic rings. The van der Waals surface area contributed by atoms with Gasteiger partial charge in [-0.1, -0.05) is 0 Å². The van der Waals surface area contributed by atoms with E-state index < -0.39 is 0 Å². The molecular formula is C10H14O4Pb. The summed E-state index contributed by atoms with van der Waals surface area (Å²) in [5, 5.41) is 0. The standard InChI is InChI=1S/2C5H7O2.Pb/c2*1-4(6)3-5(2)7;/h2*3H,1-2H3;/q2*-1;+2. The van der Waals surface area contributed by atoms with Gasteiger partial charge in [-0.05, 0) is 27.7 Å². The summed E-state index contributed by atoms with van der Waals surface area (Å²) < 4.78 is 0. The predicted octanol–water partition coefficient (Wildman–Crippen LogP) is 0.357. The van der Waals surface area contributed by atoms with Gasteiger partial charge in [-0.3, -0.25) is 12.8 Å². The minimum absolute atomic E-state index is 0. The van der Waals surface area contributed by atoms with Crippen LogP contribution in [0.1, 0.15) is 27.7 Å². The maximum atomic E-state index is 9.98. The molecule has 0 aliphatic rings. The van der Waals surface area contributed by atoms with Gasteiger partial charge in [0.1, 0.15) is 0 Å². The molecule has 0 aliphatic heterocycles. The van der Waals surface area contributed by atoms with Crippen LogP contribution in [0, 0.1) is 12.8 Å². The van der Waals surface area contributed by atoms with E-state index in [4.69, 9.17) is 0 Å². The van der Waals surface area contributed by atoms with Gasteiger partial charge in [0, 0.05) is 23.1 Å². The molecule has 0 saturated heterocycles. The van der Waals surface area contributed by atoms with Gasteiger partial charge in [-0.2, -0.15) is 0 Å². The van der Waals surface area contributed by atoms with E-state index in [1.807, 2.05) is 0 Å². The zero-order valence-corrected chi connectivity index (χ0v) is 13.2. The molecular weight excluding hydrogens is 391 g/mol. The van der Waals surface area contributed by atoms with Crippen LogP contribution in [-0.4, -0.2) is 50.4 Å². The molecule has 0 saturated carbocycles. The zero-order chi connectivity index (χ0) is 11.7. The van der Waals surface area contributed by atoms with Crippen LogP contribution in [-0.2, 0) is 19.2 Å². The molecule has 0 atom stereocenters. The van der Waals surface area contributed by atoms with E-state index in [0.717, 1.165) is 12.8 Å². The van der Waals surface area contributed by atoms with Crippen molar-refractivity contribution in [1.82, 2.24) is 0 Å². The Bertz CT molecular complexity index is 196. The molecule has 0 spiro atoms. The van der Waals surface area contributed by atoms with Crippen LogP contribution in [0.4, 0.5) is 0 Å². The Kier molecular flexibility index (Phi) is 15.1. The van der Waals surface area contributed by atoms with E-state index in [2.05, 4.69) is 0 Å². The molecule has 0 aliphatic carbocycles. The van der Waals surface area contributed by atoms with E-state index >= 15 is 0 Å². The molecule has 2 radical (unpaired) electrons. The van der Waals surface area contributed by atoms with Gasteiger partial charge in [-0.25, -0.2) is 0 Å². The smallest absolute Gasteiger partial charge is 0.334 e. The number of rotatable bonds is 4. The molecule has 0 heterocycles. The van der Waals surface area contributed by atoms with Crippen molar-refractivity contribution in [3.8, 4) is 0 Å². The summed E-state index contributed by atoms with van der Waals surface area (Å²) in [6, 6.07) is 0. The van der Waals surface area contributed by atoms with Crippen LogP contribution >= 0.6 is 0 Å². The normalized spacial score (nSPS) is 7.20. The van der Waals surface area contributed by atoms with E-state index in [9.17, 15) is 19.2 Å². The quantitative estimate of drug-likeness (QED) is 0.385. The van der Waals surface area contributed by atoms with Gasteiger partial charge in [0.05, 0.1) is 0 Å². The molecule has 0 aromatic heterocycles. The maximum Gasteiger partial charge on any atom is 2.00 e. The molecule has 0 fully saturated rings. The van der Waals surface area contributed by atoms with Crippen molar-refractivity contribution in [2.45, 2.75) is 27.7 Å². The fraction of sp³-hybridized carbons (Fsp3) is 0.400. The monoisotopic (exact) mass is 406 g/mol. The molecule has 82 valence electrons. The first-order valence-electron chi connectivity index (χ1n) is 3.97. The topological polar surface area (TPSA) is 68.3 Å². The Morgan fingerprint density at radius 2 is 0.733 bits per heavy atom. The van der Waals surface area contributed by atoms with Gasteiger partial charge in [0.2, 0.25) is 0 Å². The minimum Gasteiger partial charge on any atom is -0.334 e. The Labute approximate surface area is 110 Å². The summed E-state index contributed by atoms with van der Waals surface area (Å²) in [4.78, 5) is 39.9. The molecule has 0 unspecified atom stereocenters. The third-order valence-electron chi connectivity index (χ3n) is 0.813. The van der Waals surface area contributed by atoms with Gasteiger partial charge >= 0.3 is 27.3 Å². The minimum atomic E-state index is -0.187. The van der Waals surface area contributed by atoms with E-state index in [1.54, 1.807) is 0 Å². The van der Waals surface area contributed by atoms with Gasteiger partial charge in [0.25, 0.3) is 0 Å². The van der Waals surface area contributed by atoms with Gasteiger partial charge in [-0.15, -0.1) is 0 Å². The summed E-state index contributed by atoms with van der Waals surface area (Å²) in [6.45, 7) is 5.39. The fourth-order valence-electron chi connectivity index (χ4n) is 0.572. The number of carbonyl (C=O) groups is 4. The Morgan fingerprint density at radius 3 is 0.733 bits per heavy atom. The van der Waals surface area contributed by atoms with Crippen molar-refractivity contribution in [2.75, 3.05) is 0 Å². The maximum absolute atomic E-state index is 9.98. The Hall–Kier alpha value is -0.658. The first-order chi connectivity index (χ1) is 6.25. The van der Waals surface area contributed by atoms with Gasteiger partial charge < -0.3 is 19.2 Å². The molecule has 5 heteroatoms. The van der Waals surface area contributed by atoms with Crippen LogP contribution in [0.3, 0.4) is 0 Å². The van der Waals surface area contributed by atoms with Crippen molar-refractivity contribution in [1.29, 1.82) is 0 Å². The molecule has 15 heavy (non-hydrogen) atoms. The van der Waals surface area contributed by atoms with Crippen LogP contribution in [0.25, 0.3) is 0 Å². The summed E-state index contributed by atoms with van der Waals surface area (Å²) in [6.07, 6.45) is 2.11. The second-order valence-corrected chi connectivity index (χ2v) is 2.73. The molecule has 0 rings (SSSR count). The van der Waals surface area contributed by atoms with E-state index in [0.29, 0.717) is 0 Å². The summed E-state index contributed by atoms with van der Waals surface area (Å²) in [5.74, 6) is -0.750. The molecule has 0 bridgehead atoms. The van der Waals surface area contributed by atoms with Crippen LogP contribution in [0.5, 0.6) is 0 Å². The fourth-order valence-corrected chi connectivity index (χ4v) is 0.572. The Balaban J connectivity index is -0.000000180. The first-order valence-corrected chi connectivity index (χ1v) is 3.97. The third kappa shape index (κ3) is 31.8. The van der Waals surface area contributed by atoms with Crippen molar-refractivity contribution in [3.05, 3.63) is 12.8 Å². The number of carbonyl (C=O) groups excluding carboxylic acids is 4. The number of hydrogen-bond donors (Lipinski definition) is 0. The zero-order valence-electron chi connectivity index (χ0n) is 9.29. The average molecular weight is 405 g/mol. The molecule has 4 nitrogen and oxygen atoms in total. The third-order valence-corrected chi connectivity index (χ3v) is 0.813. The predicted molar refractivity (Wildman–Crippen MR) is 57.1 cm³/mol. The average Bonchev–Trinajstić information content (AvgIpc) is 1.79. The summed E-state index contributed by atoms with van der Waals surface area (Å²) in [5.41, 5.74) is 0. The van der Waals surface area contributed by atoms with Crippen molar-refractivity contribution in [3.63, 3.8) is 0 Å². The van der Waals surface area contributed by atoms with Gasteiger partial charge in [0.15, 0.2) is 0 Å². The Morgan fingerprint density at radius 1 is 0.600 bits per heavy atom. The van der Waals surface area contributed by atoms with Crippen molar-refractivity contribution in [2.24, 2.45) is 0 Å². The van der Waals surface area contributed by atoms with E-state index in [-0.39, 0.29) is 50.4 Å². The van der Waals surface area contributed by atoms with Crippen LogP contribution in [0.15, 0.2) is 0 Å².